The third-order valence-corrected chi connectivity index (χ3v) is 6.32. The van der Waals surface area contributed by atoms with Crippen LogP contribution < -0.4 is 0 Å². The minimum absolute atomic E-state index is 0.0395. The lowest BCUT2D eigenvalue weighted by atomic mass is 10.2. The quantitative estimate of drug-likeness (QED) is 0.681. The van der Waals surface area contributed by atoms with Crippen LogP contribution in [0.3, 0.4) is 0 Å². The van der Waals surface area contributed by atoms with Crippen molar-refractivity contribution in [3.8, 4) is 22.8 Å². The van der Waals surface area contributed by atoms with E-state index in [1.807, 2.05) is 0 Å². The van der Waals surface area contributed by atoms with Gasteiger partial charge in [0.05, 0.1) is 4.90 Å². The zero-order chi connectivity index (χ0) is 19.0. The van der Waals surface area contributed by atoms with E-state index < -0.39 is 21.7 Å². The molecule has 1 aliphatic heterocycles. The molecule has 27 heavy (non-hydrogen) atoms. The van der Waals surface area contributed by atoms with E-state index in [-0.39, 0.29) is 22.2 Å². The van der Waals surface area contributed by atoms with E-state index in [0.29, 0.717) is 18.7 Å². The average Bonchev–Trinajstić information content (AvgIpc) is 3.36. The van der Waals surface area contributed by atoms with Gasteiger partial charge in [-0.15, -0.1) is 0 Å². The first-order chi connectivity index (χ1) is 12.9. The van der Waals surface area contributed by atoms with Gasteiger partial charge in [0.2, 0.25) is 15.8 Å². The highest BCUT2D eigenvalue weighted by molar-refractivity contribution is 7.89. The average molecular weight is 391 g/mol. The third-order valence-electron chi connectivity index (χ3n) is 4.41. The Morgan fingerprint density at radius 1 is 0.926 bits per heavy atom. The number of nitrogens with zero attached hydrogens (tertiary/aromatic N) is 3. The van der Waals surface area contributed by atoms with Gasteiger partial charge >= 0.3 is 0 Å². The first-order valence-electron chi connectivity index (χ1n) is 8.35. The summed E-state index contributed by atoms with van der Waals surface area (Å²) in [5, 5.41) is 3.82. The van der Waals surface area contributed by atoms with E-state index >= 15 is 0 Å². The van der Waals surface area contributed by atoms with Gasteiger partial charge in [0.1, 0.15) is 0 Å². The van der Waals surface area contributed by atoms with Crippen molar-refractivity contribution in [3.05, 3.63) is 54.1 Å². The molecule has 6 nitrogen and oxygen atoms in total. The van der Waals surface area contributed by atoms with Crippen LogP contribution in [0.15, 0.2) is 51.9 Å². The van der Waals surface area contributed by atoms with Crippen LogP contribution >= 0.6 is 0 Å². The highest BCUT2D eigenvalue weighted by Gasteiger charge is 2.27. The smallest absolute Gasteiger partial charge is 0.258 e. The lowest BCUT2D eigenvalue weighted by Crippen LogP contribution is -2.27. The highest BCUT2D eigenvalue weighted by Crippen LogP contribution is 2.26. The molecule has 1 fully saturated rings. The van der Waals surface area contributed by atoms with Crippen molar-refractivity contribution >= 4 is 10.0 Å². The molecule has 0 radical (unpaired) electrons. The fourth-order valence-corrected chi connectivity index (χ4v) is 4.46. The molecule has 0 amide bonds. The summed E-state index contributed by atoms with van der Waals surface area (Å²) >= 11 is 0. The predicted octanol–water partition coefficient (Wildman–Crippen LogP) is 3.47. The molecule has 0 unspecified atom stereocenters. The van der Waals surface area contributed by atoms with Crippen molar-refractivity contribution in [2.24, 2.45) is 0 Å². The van der Waals surface area contributed by atoms with Gasteiger partial charge < -0.3 is 4.52 Å². The summed E-state index contributed by atoms with van der Waals surface area (Å²) < 4.78 is 58.0. The first-order valence-corrected chi connectivity index (χ1v) is 9.79. The molecule has 0 aliphatic carbocycles. The van der Waals surface area contributed by atoms with Crippen LogP contribution in [0.2, 0.25) is 0 Å². The number of sulfonamides is 1. The molecular weight excluding hydrogens is 376 g/mol. The molecule has 140 valence electrons. The molecule has 0 bridgehead atoms. The molecule has 1 saturated heterocycles. The molecule has 2 aromatic carbocycles. The Morgan fingerprint density at radius 3 is 2.26 bits per heavy atom. The zero-order valence-corrected chi connectivity index (χ0v) is 14.9. The zero-order valence-electron chi connectivity index (χ0n) is 14.1. The number of hydrogen-bond donors (Lipinski definition) is 0. The van der Waals surface area contributed by atoms with Crippen molar-refractivity contribution in [1.82, 2.24) is 14.4 Å². The topological polar surface area (TPSA) is 76.3 Å². The molecule has 1 aromatic heterocycles. The summed E-state index contributed by atoms with van der Waals surface area (Å²) in [5.41, 5.74) is 0.800. The van der Waals surface area contributed by atoms with E-state index in [1.165, 1.54) is 22.5 Å². The second kappa shape index (κ2) is 6.82. The molecule has 2 heterocycles. The summed E-state index contributed by atoms with van der Waals surface area (Å²) in [6.45, 7) is 1.07. The van der Waals surface area contributed by atoms with Gasteiger partial charge in [-0.25, -0.2) is 17.2 Å². The lowest BCUT2D eigenvalue weighted by Gasteiger charge is -2.15. The minimum atomic E-state index is -3.49. The Labute approximate surface area is 154 Å². The largest absolute Gasteiger partial charge is 0.334 e. The van der Waals surface area contributed by atoms with Crippen molar-refractivity contribution < 1.29 is 21.7 Å². The SMILES string of the molecule is O=S(=O)(c1ccc(-c2noc(-c3ccc(F)c(F)c3)n2)cc1)N1CCCC1. The Hall–Kier alpha value is -2.65. The van der Waals surface area contributed by atoms with E-state index in [4.69, 9.17) is 4.52 Å². The van der Waals surface area contributed by atoms with Crippen LogP contribution in [0.25, 0.3) is 22.8 Å². The Bertz CT molecular complexity index is 1080. The van der Waals surface area contributed by atoms with Gasteiger partial charge in [-0.05, 0) is 55.3 Å². The molecular formula is C18H15F2N3O3S. The molecule has 0 saturated carbocycles. The second-order valence-electron chi connectivity index (χ2n) is 6.19. The van der Waals surface area contributed by atoms with Gasteiger partial charge in [0.25, 0.3) is 5.89 Å². The van der Waals surface area contributed by atoms with Crippen LogP contribution in [-0.2, 0) is 10.0 Å². The third kappa shape index (κ3) is 3.35. The van der Waals surface area contributed by atoms with E-state index in [2.05, 4.69) is 10.1 Å². The lowest BCUT2D eigenvalue weighted by molar-refractivity contribution is 0.431. The van der Waals surface area contributed by atoms with Crippen LogP contribution in [0.4, 0.5) is 8.78 Å². The number of hydrogen-bond acceptors (Lipinski definition) is 5. The minimum Gasteiger partial charge on any atom is -0.334 e. The monoisotopic (exact) mass is 391 g/mol. The van der Waals surface area contributed by atoms with Crippen LogP contribution in [0.5, 0.6) is 0 Å². The van der Waals surface area contributed by atoms with Gasteiger partial charge in [0.15, 0.2) is 11.6 Å². The standard InChI is InChI=1S/C18H15F2N3O3S/c19-15-8-5-13(11-16(15)20)18-21-17(22-26-18)12-3-6-14(7-4-12)27(24,25)23-9-1-2-10-23/h3-8,11H,1-2,9-10H2. The molecule has 4 rings (SSSR count). The van der Waals surface area contributed by atoms with E-state index in [0.717, 1.165) is 25.0 Å². The van der Waals surface area contributed by atoms with Crippen LogP contribution in [0, 0.1) is 11.6 Å². The Kier molecular flexibility index (Phi) is 4.48. The number of aromatic nitrogens is 2. The van der Waals surface area contributed by atoms with Crippen LogP contribution in [0.1, 0.15) is 12.8 Å². The Balaban J connectivity index is 1.59. The summed E-state index contributed by atoms with van der Waals surface area (Å²) in [6.07, 6.45) is 1.74. The molecule has 9 heteroatoms. The summed E-state index contributed by atoms with van der Waals surface area (Å²) in [4.78, 5) is 4.37. The maximum Gasteiger partial charge on any atom is 0.258 e. The second-order valence-corrected chi connectivity index (χ2v) is 8.13. The Morgan fingerprint density at radius 2 is 1.59 bits per heavy atom. The van der Waals surface area contributed by atoms with Gasteiger partial charge in [-0.3, -0.25) is 0 Å². The van der Waals surface area contributed by atoms with Crippen molar-refractivity contribution in [2.75, 3.05) is 13.1 Å². The molecule has 1 aliphatic rings. The fourth-order valence-electron chi connectivity index (χ4n) is 2.94. The van der Waals surface area contributed by atoms with Gasteiger partial charge in [-0.1, -0.05) is 5.16 Å². The molecule has 3 aromatic rings. The van der Waals surface area contributed by atoms with Gasteiger partial charge in [-0.2, -0.15) is 9.29 Å². The maximum absolute atomic E-state index is 13.4. The number of benzene rings is 2. The van der Waals surface area contributed by atoms with Crippen molar-refractivity contribution in [3.63, 3.8) is 0 Å². The summed E-state index contributed by atoms with van der Waals surface area (Å²) in [7, 11) is -3.49. The first kappa shape index (κ1) is 17.7. The van der Waals surface area contributed by atoms with E-state index in [1.54, 1.807) is 12.1 Å². The fraction of sp³-hybridized carbons (Fsp3) is 0.222. The van der Waals surface area contributed by atoms with Crippen LogP contribution in [-0.4, -0.2) is 36.0 Å². The van der Waals surface area contributed by atoms with Crippen molar-refractivity contribution in [2.45, 2.75) is 17.7 Å². The highest BCUT2D eigenvalue weighted by atomic mass is 32.2. The maximum atomic E-state index is 13.4. The summed E-state index contributed by atoms with van der Waals surface area (Å²) in [6, 6.07) is 9.45. The number of halogens is 2. The normalized spacial score (nSPS) is 15.3. The molecule has 0 N–H and O–H groups in total. The van der Waals surface area contributed by atoms with E-state index in [9.17, 15) is 17.2 Å². The van der Waals surface area contributed by atoms with Gasteiger partial charge in [0, 0.05) is 24.2 Å². The predicted molar refractivity (Wildman–Crippen MR) is 93.1 cm³/mol. The van der Waals surface area contributed by atoms with Crippen molar-refractivity contribution in [1.29, 1.82) is 0 Å². The molecule has 0 spiro atoms. The molecule has 0 atom stereocenters. The number of rotatable bonds is 4. The summed E-state index contributed by atoms with van der Waals surface area (Å²) in [5.74, 6) is -1.71.